The number of hydrogen-bond acceptors (Lipinski definition) is 5. The summed E-state index contributed by atoms with van der Waals surface area (Å²) in [5, 5.41) is 11.3. The number of carbonyl (C=O) groups excluding carboxylic acids is 2. The van der Waals surface area contributed by atoms with Crippen LogP contribution in [0, 0.1) is 0 Å². The summed E-state index contributed by atoms with van der Waals surface area (Å²) in [6, 6.07) is 19.0. The van der Waals surface area contributed by atoms with Crippen molar-refractivity contribution < 1.29 is 19.4 Å². The molecule has 1 atom stereocenters. The van der Waals surface area contributed by atoms with Crippen molar-refractivity contribution in [3.05, 3.63) is 95.2 Å². The first-order valence-electron chi connectivity index (χ1n) is 11.8. The van der Waals surface area contributed by atoms with Gasteiger partial charge in [0.2, 0.25) is 0 Å². The maximum atomic E-state index is 13.3. The van der Waals surface area contributed by atoms with Gasteiger partial charge in [0.05, 0.1) is 18.2 Å². The zero-order valence-electron chi connectivity index (χ0n) is 20.5. The molecule has 180 valence electrons. The number of ether oxygens (including phenoxy) is 1. The zero-order chi connectivity index (χ0) is 25.2. The molecule has 35 heavy (non-hydrogen) atoms. The van der Waals surface area contributed by atoms with Crippen LogP contribution in [0.1, 0.15) is 56.8 Å². The molecule has 1 amide bonds. The van der Waals surface area contributed by atoms with Gasteiger partial charge in [-0.15, -0.1) is 0 Å². The highest BCUT2D eigenvalue weighted by Crippen LogP contribution is 2.42. The molecule has 2 aromatic carbocycles. The van der Waals surface area contributed by atoms with Gasteiger partial charge < -0.3 is 9.84 Å². The van der Waals surface area contributed by atoms with E-state index in [1.807, 2.05) is 31.2 Å². The number of aliphatic hydroxyl groups is 1. The number of anilines is 1. The number of pyridine rings is 1. The second kappa shape index (κ2) is 9.74. The third-order valence-corrected chi connectivity index (χ3v) is 6.03. The molecular formula is C29H30N2O4. The molecule has 1 fully saturated rings. The highest BCUT2D eigenvalue weighted by Gasteiger charge is 2.47. The van der Waals surface area contributed by atoms with E-state index in [9.17, 15) is 14.7 Å². The summed E-state index contributed by atoms with van der Waals surface area (Å²) >= 11 is 0. The average Bonchev–Trinajstić information content (AvgIpc) is 3.13. The minimum atomic E-state index is -0.810. The van der Waals surface area contributed by atoms with Crippen LogP contribution >= 0.6 is 0 Å². The lowest BCUT2D eigenvalue weighted by Crippen LogP contribution is -2.30. The maximum Gasteiger partial charge on any atom is 0.301 e. The molecule has 6 nitrogen and oxygen atoms in total. The van der Waals surface area contributed by atoms with E-state index in [0.717, 1.165) is 12.0 Å². The summed E-state index contributed by atoms with van der Waals surface area (Å²) in [5.41, 5.74) is 2.25. The van der Waals surface area contributed by atoms with Gasteiger partial charge in [0.15, 0.2) is 0 Å². The van der Waals surface area contributed by atoms with Gasteiger partial charge in [-0.2, -0.15) is 0 Å². The molecular weight excluding hydrogens is 440 g/mol. The molecule has 0 saturated carbocycles. The number of amides is 1. The Morgan fingerprint density at radius 2 is 1.69 bits per heavy atom. The second-order valence-electron chi connectivity index (χ2n) is 9.60. The highest BCUT2D eigenvalue weighted by molar-refractivity contribution is 6.51. The molecule has 1 saturated heterocycles. The molecule has 4 rings (SSSR count). The van der Waals surface area contributed by atoms with Crippen LogP contribution in [0.3, 0.4) is 0 Å². The van der Waals surface area contributed by atoms with E-state index < -0.39 is 17.7 Å². The Labute approximate surface area is 205 Å². The Kier molecular flexibility index (Phi) is 6.74. The van der Waals surface area contributed by atoms with Crippen molar-refractivity contribution in [1.82, 2.24) is 4.98 Å². The molecule has 3 aromatic rings. The van der Waals surface area contributed by atoms with E-state index in [-0.39, 0.29) is 16.7 Å². The number of aliphatic hydroxyl groups excluding tert-OH is 1. The molecule has 1 aliphatic rings. The van der Waals surface area contributed by atoms with Crippen molar-refractivity contribution in [2.24, 2.45) is 0 Å². The summed E-state index contributed by atoms with van der Waals surface area (Å²) in [6.07, 6.45) is 2.45. The fourth-order valence-corrected chi connectivity index (χ4v) is 4.13. The summed E-state index contributed by atoms with van der Waals surface area (Å²) < 4.78 is 5.62. The molecule has 0 radical (unpaired) electrons. The number of hydrogen-bond donors (Lipinski definition) is 1. The van der Waals surface area contributed by atoms with Crippen LogP contribution in [-0.4, -0.2) is 28.4 Å². The van der Waals surface area contributed by atoms with Crippen LogP contribution in [0.5, 0.6) is 5.75 Å². The van der Waals surface area contributed by atoms with E-state index in [0.29, 0.717) is 29.3 Å². The normalized spacial score (nSPS) is 17.6. The van der Waals surface area contributed by atoms with Gasteiger partial charge in [-0.1, -0.05) is 58.0 Å². The molecule has 1 aliphatic heterocycles. The lowest BCUT2D eigenvalue weighted by molar-refractivity contribution is -0.132. The number of rotatable bonds is 6. The van der Waals surface area contributed by atoms with Crippen LogP contribution in [-0.2, 0) is 15.0 Å². The number of carbonyl (C=O) groups is 2. The smallest absolute Gasteiger partial charge is 0.301 e. The van der Waals surface area contributed by atoms with Crippen molar-refractivity contribution in [1.29, 1.82) is 0 Å². The quantitative estimate of drug-likeness (QED) is 0.280. The SMILES string of the molecule is CCCOc1ccc(/C(O)=C2\C(=O)C(=O)N(c3ccccn3)C2c2ccc(C(C)(C)C)cc2)cc1. The predicted molar refractivity (Wildman–Crippen MR) is 136 cm³/mol. The molecule has 2 heterocycles. The number of benzene rings is 2. The van der Waals surface area contributed by atoms with E-state index in [1.54, 1.807) is 48.7 Å². The number of Topliss-reactive ketones (excluding diaryl/α,β-unsaturated/α-hetero) is 1. The van der Waals surface area contributed by atoms with E-state index in [1.165, 1.54) is 4.90 Å². The van der Waals surface area contributed by atoms with Crippen LogP contribution in [0.15, 0.2) is 78.5 Å². The predicted octanol–water partition coefficient (Wildman–Crippen LogP) is 5.79. The zero-order valence-corrected chi connectivity index (χ0v) is 20.5. The lowest BCUT2D eigenvalue weighted by Gasteiger charge is -2.25. The summed E-state index contributed by atoms with van der Waals surface area (Å²) in [7, 11) is 0. The average molecular weight is 471 g/mol. The first-order chi connectivity index (χ1) is 16.7. The van der Waals surface area contributed by atoms with E-state index in [2.05, 4.69) is 25.8 Å². The topological polar surface area (TPSA) is 79.7 Å². The fraction of sp³-hybridized carbons (Fsp3) is 0.276. The van der Waals surface area contributed by atoms with Crippen molar-refractivity contribution in [2.75, 3.05) is 11.5 Å². The Morgan fingerprint density at radius 3 is 2.26 bits per heavy atom. The molecule has 0 aliphatic carbocycles. The second-order valence-corrected chi connectivity index (χ2v) is 9.60. The summed E-state index contributed by atoms with van der Waals surface area (Å²) in [5.74, 6) is -0.676. The standard InChI is InChI=1S/C29H30N2O4/c1-5-18-35-22-15-11-20(12-16-22)26(32)24-25(19-9-13-21(14-10-19)29(2,3)4)31(28(34)27(24)33)23-8-6-7-17-30-23/h6-17,25,32H,5,18H2,1-4H3/b26-24+. The first-order valence-corrected chi connectivity index (χ1v) is 11.8. The monoisotopic (exact) mass is 470 g/mol. The Hall–Kier alpha value is -3.93. The molecule has 6 heteroatoms. The van der Waals surface area contributed by atoms with Crippen LogP contribution in [0.4, 0.5) is 5.82 Å². The molecule has 1 N–H and O–H groups in total. The van der Waals surface area contributed by atoms with Crippen LogP contribution in [0.2, 0.25) is 0 Å². The van der Waals surface area contributed by atoms with Gasteiger partial charge in [0, 0.05) is 11.8 Å². The summed E-state index contributed by atoms with van der Waals surface area (Å²) in [6.45, 7) is 8.97. The molecule has 1 unspecified atom stereocenters. The van der Waals surface area contributed by atoms with Gasteiger partial charge in [-0.3, -0.25) is 14.5 Å². The third kappa shape index (κ3) is 4.83. The van der Waals surface area contributed by atoms with Gasteiger partial charge in [-0.25, -0.2) is 4.98 Å². The van der Waals surface area contributed by atoms with Crippen LogP contribution < -0.4 is 9.64 Å². The summed E-state index contributed by atoms with van der Waals surface area (Å²) in [4.78, 5) is 32.1. The highest BCUT2D eigenvalue weighted by atomic mass is 16.5. The third-order valence-electron chi connectivity index (χ3n) is 6.03. The van der Waals surface area contributed by atoms with Gasteiger partial charge >= 0.3 is 5.91 Å². The van der Waals surface area contributed by atoms with Crippen molar-refractivity contribution in [3.63, 3.8) is 0 Å². The van der Waals surface area contributed by atoms with E-state index >= 15 is 0 Å². The van der Waals surface area contributed by atoms with E-state index in [4.69, 9.17) is 4.74 Å². The van der Waals surface area contributed by atoms with Gasteiger partial charge in [-0.05, 0) is 59.4 Å². The van der Waals surface area contributed by atoms with Crippen LogP contribution in [0.25, 0.3) is 5.76 Å². The molecule has 0 bridgehead atoms. The maximum absolute atomic E-state index is 13.3. The Bertz CT molecular complexity index is 1240. The molecule has 1 aromatic heterocycles. The Morgan fingerprint density at radius 1 is 1.00 bits per heavy atom. The van der Waals surface area contributed by atoms with Crippen molar-refractivity contribution in [2.45, 2.75) is 45.6 Å². The minimum absolute atomic E-state index is 0.0337. The number of ketones is 1. The number of aromatic nitrogens is 1. The van der Waals surface area contributed by atoms with Gasteiger partial charge in [0.25, 0.3) is 5.78 Å². The minimum Gasteiger partial charge on any atom is -0.507 e. The van der Waals surface area contributed by atoms with Crippen molar-refractivity contribution >= 4 is 23.3 Å². The first kappa shape index (κ1) is 24.2. The van der Waals surface area contributed by atoms with Gasteiger partial charge in [0.1, 0.15) is 17.3 Å². The lowest BCUT2D eigenvalue weighted by atomic mass is 9.85. The fourth-order valence-electron chi connectivity index (χ4n) is 4.13. The largest absolute Gasteiger partial charge is 0.507 e. The Balaban J connectivity index is 1.84. The van der Waals surface area contributed by atoms with Crippen molar-refractivity contribution in [3.8, 4) is 5.75 Å². The number of nitrogens with zero attached hydrogens (tertiary/aromatic N) is 2. The molecule has 0 spiro atoms.